The van der Waals surface area contributed by atoms with Crippen molar-refractivity contribution in [1.29, 1.82) is 0 Å². The number of methoxy groups -OCH3 is 1. The number of halogens is 1. The van der Waals surface area contributed by atoms with Gasteiger partial charge in [0.25, 0.3) is 5.91 Å². The van der Waals surface area contributed by atoms with Crippen LogP contribution < -0.4 is 10.2 Å². The Balaban J connectivity index is 1.86. The van der Waals surface area contributed by atoms with Gasteiger partial charge in [-0.15, -0.1) is 0 Å². The topological polar surface area (TPSA) is 50.7 Å². The number of hydrogen-bond donors (Lipinski definition) is 1. The summed E-state index contributed by atoms with van der Waals surface area (Å²) in [6.07, 6.45) is 1.53. The molecule has 0 unspecified atom stereocenters. The maximum absolute atomic E-state index is 13.2. The molecule has 24 heavy (non-hydrogen) atoms. The Hall–Kier alpha value is -3.21. The van der Waals surface area contributed by atoms with Crippen LogP contribution in [-0.4, -0.2) is 19.2 Å². The average Bonchev–Trinajstić information content (AvgIpc) is 2.61. The minimum Gasteiger partial charge on any atom is -0.496 e. The largest absolute Gasteiger partial charge is 0.496 e. The van der Waals surface area contributed by atoms with Crippen LogP contribution in [0.5, 0.6) is 5.75 Å². The van der Waals surface area contributed by atoms with Gasteiger partial charge < -0.3 is 4.74 Å². The molecule has 0 spiro atoms. The number of nitrogens with zero attached hydrogens (tertiary/aromatic N) is 1. The molecule has 0 atom stereocenters. The number of fused-ring (bicyclic) bond motifs is 1. The SMILES string of the molecule is COc1ccc2ccccc2c1/C=N\NC(=O)c1cccc(F)c1. The Morgan fingerprint density at radius 1 is 1.12 bits per heavy atom. The number of hydrazone groups is 1. The second-order valence-corrected chi connectivity index (χ2v) is 5.11. The third-order valence-electron chi connectivity index (χ3n) is 3.60. The van der Waals surface area contributed by atoms with Crippen LogP contribution in [0, 0.1) is 5.82 Å². The lowest BCUT2D eigenvalue weighted by Crippen LogP contribution is -2.17. The summed E-state index contributed by atoms with van der Waals surface area (Å²) in [5.74, 6) is -0.301. The molecule has 0 saturated carbocycles. The Labute approximate surface area is 138 Å². The third kappa shape index (κ3) is 3.25. The molecule has 0 radical (unpaired) electrons. The van der Waals surface area contributed by atoms with Crippen molar-refractivity contribution < 1.29 is 13.9 Å². The smallest absolute Gasteiger partial charge is 0.271 e. The maximum Gasteiger partial charge on any atom is 0.271 e. The highest BCUT2D eigenvalue weighted by Crippen LogP contribution is 2.26. The second kappa shape index (κ2) is 6.91. The number of ether oxygens (including phenoxy) is 1. The second-order valence-electron chi connectivity index (χ2n) is 5.11. The third-order valence-corrected chi connectivity index (χ3v) is 3.60. The van der Waals surface area contributed by atoms with E-state index < -0.39 is 11.7 Å². The standard InChI is InChI=1S/C19H15FN2O2/c1-24-18-10-9-13-5-2-3-8-16(13)17(18)12-21-22-19(23)14-6-4-7-15(20)11-14/h2-12H,1H3,(H,22,23)/b21-12-. The van der Waals surface area contributed by atoms with Gasteiger partial charge in [-0.05, 0) is 35.0 Å². The number of nitrogens with one attached hydrogen (secondary N) is 1. The molecular weight excluding hydrogens is 307 g/mol. The van der Waals surface area contributed by atoms with Crippen LogP contribution in [0.25, 0.3) is 10.8 Å². The summed E-state index contributed by atoms with van der Waals surface area (Å²) < 4.78 is 18.5. The first-order valence-corrected chi connectivity index (χ1v) is 7.34. The van der Waals surface area contributed by atoms with Crippen LogP contribution in [0.15, 0.2) is 65.8 Å². The lowest BCUT2D eigenvalue weighted by atomic mass is 10.0. The van der Waals surface area contributed by atoms with E-state index in [1.165, 1.54) is 24.4 Å². The normalized spacial score (nSPS) is 10.9. The first-order chi connectivity index (χ1) is 11.7. The maximum atomic E-state index is 13.2. The molecule has 4 nitrogen and oxygen atoms in total. The van der Waals surface area contributed by atoms with E-state index in [-0.39, 0.29) is 5.56 Å². The number of rotatable bonds is 4. The van der Waals surface area contributed by atoms with Crippen molar-refractivity contribution in [1.82, 2.24) is 5.43 Å². The van der Waals surface area contributed by atoms with E-state index in [1.807, 2.05) is 36.4 Å². The predicted octanol–water partition coefficient (Wildman–Crippen LogP) is 3.75. The lowest BCUT2D eigenvalue weighted by molar-refractivity contribution is 0.0954. The van der Waals surface area contributed by atoms with Crippen molar-refractivity contribution in [3.05, 3.63) is 77.6 Å². The van der Waals surface area contributed by atoms with E-state index in [0.717, 1.165) is 22.4 Å². The zero-order valence-electron chi connectivity index (χ0n) is 13.0. The highest BCUT2D eigenvalue weighted by atomic mass is 19.1. The summed E-state index contributed by atoms with van der Waals surface area (Å²) in [6.45, 7) is 0. The van der Waals surface area contributed by atoms with Gasteiger partial charge in [0, 0.05) is 11.1 Å². The summed E-state index contributed by atoms with van der Waals surface area (Å²) in [6, 6.07) is 17.0. The molecule has 0 aromatic heterocycles. The van der Waals surface area contributed by atoms with Gasteiger partial charge >= 0.3 is 0 Å². The van der Waals surface area contributed by atoms with Gasteiger partial charge in [0.15, 0.2) is 0 Å². The minimum absolute atomic E-state index is 0.206. The van der Waals surface area contributed by atoms with Gasteiger partial charge in [-0.25, -0.2) is 9.82 Å². The van der Waals surface area contributed by atoms with Gasteiger partial charge in [0.05, 0.1) is 13.3 Å². The number of hydrogen-bond acceptors (Lipinski definition) is 3. The van der Waals surface area contributed by atoms with Crippen molar-refractivity contribution in [2.45, 2.75) is 0 Å². The molecule has 0 saturated heterocycles. The molecule has 0 aliphatic carbocycles. The van der Waals surface area contributed by atoms with Crippen molar-refractivity contribution in [2.24, 2.45) is 5.10 Å². The number of carbonyl (C=O) groups excluding carboxylic acids is 1. The molecule has 0 aliphatic rings. The Bertz CT molecular complexity index is 922. The molecule has 0 heterocycles. The van der Waals surface area contributed by atoms with E-state index in [2.05, 4.69) is 10.5 Å². The van der Waals surface area contributed by atoms with E-state index in [0.29, 0.717) is 5.75 Å². The van der Waals surface area contributed by atoms with E-state index >= 15 is 0 Å². The lowest BCUT2D eigenvalue weighted by Gasteiger charge is -2.08. The average molecular weight is 322 g/mol. The molecule has 0 fully saturated rings. The quantitative estimate of drug-likeness (QED) is 0.587. The minimum atomic E-state index is -0.482. The summed E-state index contributed by atoms with van der Waals surface area (Å²) in [4.78, 5) is 12.0. The summed E-state index contributed by atoms with van der Waals surface area (Å²) in [5, 5.41) is 5.98. The molecule has 3 aromatic carbocycles. The van der Waals surface area contributed by atoms with Crippen molar-refractivity contribution >= 4 is 22.9 Å². The fourth-order valence-electron chi connectivity index (χ4n) is 2.44. The van der Waals surface area contributed by atoms with Crippen LogP contribution in [0.4, 0.5) is 4.39 Å². The molecule has 120 valence electrons. The van der Waals surface area contributed by atoms with E-state index in [9.17, 15) is 9.18 Å². The van der Waals surface area contributed by atoms with Crippen molar-refractivity contribution in [3.8, 4) is 5.75 Å². The summed E-state index contributed by atoms with van der Waals surface area (Å²) >= 11 is 0. The van der Waals surface area contributed by atoms with Crippen molar-refractivity contribution in [2.75, 3.05) is 7.11 Å². The van der Waals surface area contributed by atoms with Gasteiger partial charge in [-0.1, -0.05) is 36.4 Å². The summed E-state index contributed by atoms with van der Waals surface area (Å²) in [5.41, 5.74) is 3.36. The van der Waals surface area contributed by atoms with Crippen molar-refractivity contribution in [3.63, 3.8) is 0 Å². The first-order valence-electron chi connectivity index (χ1n) is 7.34. The van der Waals surface area contributed by atoms with Crippen LogP contribution in [0.1, 0.15) is 15.9 Å². The molecule has 1 amide bonds. The van der Waals surface area contributed by atoms with Gasteiger partial charge in [-0.2, -0.15) is 5.10 Å². The van der Waals surface area contributed by atoms with Crippen LogP contribution in [-0.2, 0) is 0 Å². The monoisotopic (exact) mass is 322 g/mol. The summed E-state index contributed by atoms with van der Waals surface area (Å²) in [7, 11) is 1.58. The Morgan fingerprint density at radius 3 is 2.75 bits per heavy atom. The molecule has 0 aliphatic heterocycles. The van der Waals surface area contributed by atoms with E-state index in [1.54, 1.807) is 7.11 Å². The molecule has 0 bridgehead atoms. The highest BCUT2D eigenvalue weighted by Gasteiger charge is 2.07. The number of carbonyl (C=O) groups is 1. The molecule has 3 rings (SSSR count). The van der Waals surface area contributed by atoms with Crippen LogP contribution >= 0.6 is 0 Å². The first kappa shape index (κ1) is 15.7. The van der Waals surface area contributed by atoms with Crippen LogP contribution in [0.2, 0.25) is 0 Å². The zero-order valence-corrected chi connectivity index (χ0v) is 13.0. The van der Waals surface area contributed by atoms with Gasteiger partial charge in [0.1, 0.15) is 11.6 Å². The predicted molar refractivity (Wildman–Crippen MR) is 92.0 cm³/mol. The Kier molecular flexibility index (Phi) is 4.52. The number of benzene rings is 3. The zero-order chi connectivity index (χ0) is 16.9. The number of amides is 1. The molecule has 3 aromatic rings. The highest BCUT2D eigenvalue weighted by molar-refractivity contribution is 6.03. The Morgan fingerprint density at radius 2 is 1.96 bits per heavy atom. The fraction of sp³-hybridized carbons (Fsp3) is 0.0526. The van der Waals surface area contributed by atoms with Gasteiger partial charge in [-0.3, -0.25) is 4.79 Å². The van der Waals surface area contributed by atoms with Gasteiger partial charge in [0.2, 0.25) is 0 Å². The molecule has 5 heteroatoms. The fourth-order valence-corrected chi connectivity index (χ4v) is 2.44. The molecule has 1 N–H and O–H groups in total. The van der Waals surface area contributed by atoms with E-state index in [4.69, 9.17) is 4.74 Å². The van der Waals surface area contributed by atoms with Crippen LogP contribution in [0.3, 0.4) is 0 Å². The molecular formula is C19H15FN2O2.